The Morgan fingerprint density at radius 3 is 2.42 bits per heavy atom. The van der Waals surface area contributed by atoms with Crippen LogP contribution >= 0.6 is 0 Å². The van der Waals surface area contributed by atoms with Crippen molar-refractivity contribution in [3.05, 3.63) is 29.8 Å². The Balaban J connectivity index is 2.28. The lowest BCUT2D eigenvalue weighted by Crippen LogP contribution is -2.33. The van der Waals surface area contributed by atoms with Gasteiger partial charge >= 0.3 is 0 Å². The molecular weight excluding hydrogens is 234 g/mol. The van der Waals surface area contributed by atoms with Gasteiger partial charge in [0.05, 0.1) is 0 Å². The van der Waals surface area contributed by atoms with Gasteiger partial charge < -0.3 is 15.1 Å². The summed E-state index contributed by atoms with van der Waals surface area (Å²) in [6, 6.07) is 8.62. The minimum Gasteiger partial charge on any atom is -0.370 e. The van der Waals surface area contributed by atoms with Gasteiger partial charge in [-0.2, -0.15) is 0 Å². The third-order valence-corrected chi connectivity index (χ3v) is 3.36. The number of hydrogen-bond donors (Lipinski definition) is 1. The molecule has 0 unspecified atom stereocenters. The maximum Gasteiger partial charge on any atom is 0.0396 e. The molecule has 0 aliphatic rings. The van der Waals surface area contributed by atoms with E-state index in [2.05, 4.69) is 67.3 Å². The fraction of sp³-hybridized carbons (Fsp3) is 0.625. The number of nitrogens with zero attached hydrogens (tertiary/aromatic N) is 2. The summed E-state index contributed by atoms with van der Waals surface area (Å²) in [6.45, 7) is 9.84. The topological polar surface area (TPSA) is 18.5 Å². The zero-order chi connectivity index (χ0) is 14.1. The van der Waals surface area contributed by atoms with Gasteiger partial charge in [-0.1, -0.05) is 18.2 Å². The van der Waals surface area contributed by atoms with Crippen molar-refractivity contribution in [3.63, 3.8) is 0 Å². The zero-order valence-electron chi connectivity index (χ0n) is 12.9. The van der Waals surface area contributed by atoms with E-state index in [1.54, 1.807) is 0 Å². The summed E-state index contributed by atoms with van der Waals surface area (Å²) in [5, 5.41) is 3.53. The quantitative estimate of drug-likeness (QED) is 0.690. The van der Waals surface area contributed by atoms with Gasteiger partial charge in [-0.25, -0.2) is 0 Å². The van der Waals surface area contributed by atoms with Gasteiger partial charge in [0.2, 0.25) is 0 Å². The smallest absolute Gasteiger partial charge is 0.0396 e. The van der Waals surface area contributed by atoms with Crippen LogP contribution in [0.15, 0.2) is 24.3 Å². The maximum atomic E-state index is 3.53. The lowest BCUT2D eigenvalue weighted by molar-refractivity contribution is 0.395. The average molecular weight is 263 g/mol. The predicted octanol–water partition coefficient (Wildman–Crippen LogP) is 2.36. The first-order valence-corrected chi connectivity index (χ1v) is 7.31. The van der Waals surface area contributed by atoms with Crippen LogP contribution in [0.1, 0.15) is 18.9 Å². The summed E-state index contributed by atoms with van der Waals surface area (Å²) >= 11 is 0. The molecular formula is C16H29N3. The van der Waals surface area contributed by atoms with E-state index in [0.717, 1.165) is 32.7 Å². The second-order valence-electron chi connectivity index (χ2n) is 5.27. The molecule has 0 bridgehead atoms. The second-order valence-corrected chi connectivity index (χ2v) is 5.27. The van der Waals surface area contributed by atoms with Gasteiger partial charge in [0.25, 0.3) is 0 Å². The van der Waals surface area contributed by atoms with Crippen LogP contribution in [0.5, 0.6) is 0 Å². The largest absolute Gasteiger partial charge is 0.370 e. The molecule has 0 aliphatic carbocycles. The van der Waals surface area contributed by atoms with Gasteiger partial charge in [0, 0.05) is 25.3 Å². The molecule has 1 rings (SSSR count). The third-order valence-electron chi connectivity index (χ3n) is 3.36. The highest BCUT2D eigenvalue weighted by atomic mass is 15.1. The highest BCUT2D eigenvalue weighted by Gasteiger charge is 2.05. The molecule has 0 spiro atoms. The Morgan fingerprint density at radius 2 is 1.79 bits per heavy atom. The molecule has 3 heteroatoms. The average Bonchev–Trinajstić information content (AvgIpc) is 2.39. The van der Waals surface area contributed by atoms with Crippen molar-refractivity contribution in [2.24, 2.45) is 0 Å². The Kier molecular flexibility index (Phi) is 7.53. The monoisotopic (exact) mass is 263 g/mol. The highest BCUT2D eigenvalue weighted by molar-refractivity contribution is 5.52. The molecule has 0 fully saturated rings. The van der Waals surface area contributed by atoms with Crippen molar-refractivity contribution in [2.75, 3.05) is 51.7 Å². The van der Waals surface area contributed by atoms with E-state index < -0.39 is 0 Å². The van der Waals surface area contributed by atoms with Gasteiger partial charge in [0.15, 0.2) is 0 Å². The maximum absolute atomic E-state index is 3.53. The molecule has 19 heavy (non-hydrogen) atoms. The standard InChI is InChI=1S/C16H29N3/c1-5-19(16-10-7-6-9-15(16)2)14-12-17-11-8-13-18(3)4/h6-7,9-10,17H,5,8,11-14H2,1-4H3. The van der Waals surface area contributed by atoms with Crippen LogP contribution in [0.4, 0.5) is 5.69 Å². The molecule has 0 saturated carbocycles. The molecule has 0 aromatic heterocycles. The van der Waals surface area contributed by atoms with Crippen LogP contribution < -0.4 is 10.2 Å². The Labute approximate surface area is 118 Å². The van der Waals surface area contributed by atoms with Gasteiger partial charge in [-0.05, 0) is 59.1 Å². The summed E-state index contributed by atoms with van der Waals surface area (Å²) in [6.07, 6.45) is 1.21. The van der Waals surface area contributed by atoms with Crippen molar-refractivity contribution < 1.29 is 0 Å². The fourth-order valence-electron chi connectivity index (χ4n) is 2.23. The van der Waals surface area contributed by atoms with Crippen LogP contribution in [-0.2, 0) is 0 Å². The summed E-state index contributed by atoms with van der Waals surface area (Å²) in [7, 11) is 4.24. The number of anilines is 1. The molecule has 0 atom stereocenters. The lowest BCUT2D eigenvalue weighted by Gasteiger charge is -2.25. The molecule has 0 radical (unpaired) electrons. The Hall–Kier alpha value is -1.06. The van der Waals surface area contributed by atoms with E-state index >= 15 is 0 Å². The number of aryl methyl sites for hydroxylation is 1. The second kappa shape index (κ2) is 8.94. The van der Waals surface area contributed by atoms with E-state index in [0.29, 0.717) is 0 Å². The fourth-order valence-corrected chi connectivity index (χ4v) is 2.23. The first-order valence-electron chi connectivity index (χ1n) is 7.31. The normalized spacial score (nSPS) is 11.0. The number of rotatable bonds is 9. The Morgan fingerprint density at radius 1 is 1.05 bits per heavy atom. The SMILES string of the molecule is CCN(CCNCCCN(C)C)c1ccccc1C. The molecule has 1 aromatic carbocycles. The van der Waals surface area contributed by atoms with Crippen LogP contribution in [0.2, 0.25) is 0 Å². The summed E-state index contributed by atoms with van der Waals surface area (Å²) in [5.41, 5.74) is 2.72. The minimum absolute atomic E-state index is 1.05. The molecule has 0 aliphatic heterocycles. The molecule has 0 saturated heterocycles. The predicted molar refractivity (Wildman–Crippen MR) is 85.1 cm³/mol. The van der Waals surface area contributed by atoms with Gasteiger partial charge in [0.1, 0.15) is 0 Å². The van der Waals surface area contributed by atoms with Crippen LogP contribution in [0.25, 0.3) is 0 Å². The Bertz CT molecular complexity index is 350. The van der Waals surface area contributed by atoms with E-state index in [-0.39, 0.29) is 0 Å². The van der Waals surface area contributed by atoms with E-state index in [4.69, 9.17) is 0 Å². The van der Waals surface area contributed by atoms with E-state index in [1.807, 2.05) is 0 Å². The molecule has 0 amide bonds. The highest BCUT2D eigenvalue weighted by Crippen LogP contribution is 2.18. The molecule has 108 valence electrons. The first kappa shape index (κ1) is 16.0. The van der Waals surface area contributed by atoms with Crippen LogP contribution in [0.3, 0.4) is 0 Å². The third kappa shape index (κ3) is 6.08. The lowest BCUT2D eigenvalue weighted by atomic mass is 10.2. The van der Waals surface area contributed by atoms with E-state index in [9.17, 15) is 0 Å². The van der Waals surface area contributed by atoms with Crippen LogP contribution in [-0.4, -0.2) is 51.7 Å². The van der Waals surface area contributed by atoms with Crippen molar-refractivity contribution in [2.45, 2.75) is 20.3 Å². The summed E-state index contributed by atoms with van der Waals surface area (Å²) in [5.74, 6) is 0. The number of benzene rings is 1. The minimum atomic E-state index is 1.05. The van der Waals surface area contributed by atoms with Crippen molar-refractivity contribution in [1.29, 1.82) is 0 Å². The number of hydrogen-bond acceptors (Lipinski definition) is 3. The molecule has 3 nitrogen and oxygen atoms in total. The van der Waals surface area contributed by atoms with Crippen molar-refractivity contribution >= 4 is 5.69 Å². The molecule has 1 aromatic rings. The molecule has 0 heterocycles. The number of nitrogens with one attached hydrogen (secondary N) is 1. The van der Waals surface area contributed by atoms with E-state index in [1.165, 1.54) is 17.7 Å². The number of likely N-dealkylation sites (N-methyl/N-ethyl adjacent to an activating group) is 1. The van der Waals surface area contributed by atoms with Crippen molar-refractivity contribution in [3.8, 4) is 0 Å². The van der Waals surface area contributed by atoms with Gasteiger partial charge in [-0.3, -0.25) is 0 Å². The zero-order valence-corrected chi connectivity index (χ0v) is 12.9. The summed E-state index contributed by atoms with van der Waals surface area (Å²) < 4.78 is 0. The van der Waals surface area contributed by atoms with Gasteiger partial charge in [-0.15, -0.1) is 0 Å². The van der Waals surface area contributed by atoms with Crippen molar-refractivity contribution in [1.82, 2.24) is 10.2 Å². The first-order chi connectivity index (χ1) is 9.15. The van der Waals surface area contributed by atoms with Crippen LogP contribution in [0, 0.1) is 6.92 Å². The number of para-hydroxylation sites is 1. The molecule has 1 N–H and O–H groups in total. The summed E-state index contributed by atoms with van der Waals surface area (Å²) in [4.78, 5) is 4.67.